The van der Waals surface area contributed by atoms with E-state index in [1.165, 1.54) is 43.6 Å². The number of likely N-dealkylation sites (N-methyl/N-ethyl adjacent to an activating group) is 1. The van der Waals surface area contributed by atoms with Crippen LogP contribution in [0.15, 0.2) is 17.6 Å². The van der Waals surface area contributed by atoms with Crippen LogP contribution in [0.1, 0.15) is 62.5 Å². The number of rotatable bonds is 6. The predicted octanol–water partition coefficient (Wildman–Crippen LogP) is 3.13. The van der Waals surface area contributed by atoms with Crippen molar-refractivity contribution in [2.45, 2.75) is 57.5 Å². The van der Waals surface area contributed by atoms with E-state index in [-0.39, 0.29) is 6.04 Å². The van der Waals surface area contributed by atoms with Gasteiger partial charge in [-0.3, -0.25) is 4.68 Å². The summed E-state index contributed by atoms with van der Waals surface area (Å²) in [6.45, 7) is 3.04. The molecule has 1 aliphatic rings. The van der Waals surface area contributed by atoms with Crippen LogP contribution in [0, 0.1) is 0 Å². The Balaban J connectivity index is 1.67. The number of aromatic nitrogens is 4. The van der Waals surface area contributed by atoms with Crippen molar-refractivity contribution < 1.29 is 0 Å². The van der Waals surface area contributed by atoms with Crippen molar-refractivity contribution in [2.24, 2.45) is 0 Å². The molecule has 0 amide bonds. The zero-order valence-corrected chi connectivity index (χ0v) is 13.4. The Labute approximate surface area is 129 Å². The molecule has 1 atom stereocenters. The molecule has 2 heterocycles. The molecule has 1 unspecified atom stereocenters. The maximum Gasteiger partial charge on any atom is 0.0928 e. The minimum Gasteiger partial charge on any atom is -0.308 e. The van der Waals surface area contributed by atoms with Crippen LogP contribution in [0.2, 0.25) is 0 Å². The van der Waals surface area contributed by atoms with Crippen LogP contribution >= 0.6 is 11.5 Å². The Morgan fingerprint density at radius 1 is 1.38 bits per heavy atom. The summed E-state index contributed by atoms with van der Waals surface area (Å²) in [6, 6.07) is 2.97. The first-order valence-corrected chi connectivity index (χ1v) is 8.75. The van der Waals surface area contributed by atoms with Gasteiger partial charge in [-0.25, -0.2) is 0 Å². The molecule has 1 aliphatic carbocycles. The molecule has 6 heteroatoms. The highest BCUT2D eigenvalue weighted by Gasteiger charge is 2.18. The maximum absolute atomic E-state index is 4.80. The summed E-state index contributed by atoms with van der Waals surface area (Å²) >= 11 is 1.41. The topological polar surface area (TPSA) is 55.6 Å². The van der Waals surface area contributed by atoms with Crippen LogP contribution in [0.4, 0.5) is 0 Å². The zero-order chi connectivity index (χ0) is 14.5. The molecule has 5 nitrogen and oxygen atoms in total. The first-order valence-electron chi connectivity index (χ1n) is 7.91. The second-order valence-electron chi connectivity index (χ2n) is 5.72. The van der Waals surface area contributed by atoms with Gasteiger partial charge in [0.2, 0.25) is 0 Å². The predicted molar refractivity (Wildman–Crippen MR) is 84.4 cm³/mol. The molecule has 3 rings (SSSR count). The molecule has 0 bridgehead atoms. The van der Waals surface area contributed by atoms with E-state index in [1.54, 1.807) is 0 Å². The monoisotopic (exact) mass is 305 g/mol. The molecule has 2 aromatic heterocycles. The molecular formula is C15H23N5S. The second kappa shape index (κ2) is 7.13. The summed E-state index contributed by atoms with van der Waals surface area (Å²) in [5.41, 5.74) is 2.16. The van der Waals surface area contributed by atoms with Gasteiger partial charge in [0.25, 0.3) is 0 Å². The summed E-state index contributed by atoms with van der Waals surface area (Å²) in [6.07, 6.45) is 9.62. The number of hydrogen-bond donors (Lipinski definition) is 1. The molecule has 0 radical (unpaired) electrons. The van der Waals surface area contributed by atoms with Crippen LogP contribution in [0.25, 0.3) is 0 Å². The van der Waals surface area contributed by atoms with E-state index in [0.29, 0.717) is 6.04 Å². The van der Waals surface area contributed by atoms with Gasteiger partial charge in [0, 0.05) is 18.0 Å². The van der Waals surface area contributed by atoms with Crippen molar-refractivity contribution >= 4 is 11.5 Å². The minimum atomic E-state index is 0.212. The van der Waals surface area contributed by atoms with Gasteiger partial charge in [-0.15, -0.1) is 5.10 Å². The highest BCUT2D eigenvalue weighted by Crippen LogP contribution is 2.27. The second-order valence-corrected chi connectivity index (χ2v) is 6.33. The molecule has 1 N–H and O–H groups in total. The average molecular weight is 305 g/mol. The van der Waals surface area contributed by atoms with Crippen LogP contribution in [0.5, 0.6) is 0 Å². The molecule has 1 fully saturated rings. The van der Waals surface area contributed by atoms with Gasteiger partial charge in [0.15, 0.2) is 0 Å². The van der Waals surface area contributed by atoms with Gasteiger partial charge in [-0.05, 0) is 37.0 Å². The van der Waals surface area contributed by atoms with Crippen LogP contribution in [-0.2, 0) is 6.42 Å². The quantitative estimate of drug-likeness (QED) is 0.891. The first-order chi connectivity index (χ1) is 10.4. The van der Waals surface area contributed by atoms with E-state index in [9.17, 15) is 0 Å². The molecule has 21 heavy (non-hydrogen) atoms. The van der Waals surface area contributed by atoms with Crippen LogP contribution < -0.4 is 5.32 Å². The fraction of sp³-hybridized carbons (Fsp3) is 0.667. The fourth-order valence-electron chi connectivity index (χ4n) is 3.10. The lowest BCUT2D eigenvalue weighted by Gasteiger charge is -2.22. The third-order valence-electron chi connectivity index (χ3n) is 4.21. The SMILES string of the molecule is CCNC(Cc1ccn(C2CCCCC2)n1)c1csnn1. The molecular weight excluding hydrogens is 282 g/mol. The van der Waals surface area contributed by atoms with E-state index >= 15 is 0 Å². The average Bonchev–Trinajstić information content (AvgIpc) is 3.19. The Kier molecular flexibility index (Phi) is 4.98. The Hall–Kier alpha value is -1.27. The van der Waals surface area contributed by atoms with Crippen molar-refractivity contribution in [1.29, 1.82) is 0 Å². The lowest BCUT2D eigenvalue weighted by molar-refractivity contribution is 0.327. The largest absolute Gasteiger partial charge is 0.308 e. The molecule has 0 saturated heterocycles. The fourth-order valence-corrected chi connectivity index (χ4v) is 3.60. The van der Waals surface area contributed by atoms with Gasteiger partial charge in [-0.2, -0.15) is 5.10 Å². The Morgan fingerprint density at radius 3 is 2.95 bits per heavy atom. The van der Waals surface area contributed by atoms with Crippen molar-refractivity contribution in [2.75, 3.05) is 6.54 Å². The van der Waals surface area contributed by atoms with E-state index in [0.717, 1.165) is 24.4 Å². The third-order valence-corrected chi connectivity index (χ3v) is 4.73. The van der Waals surface area contributed by atoms with Crippen molar-refractivity contribution in [3.63, 3.8) is 0 Å². The normalized spacial score (nSPS) is 18.0. The standard InChI is InChI=1S/C15H23N5S/c1-2-16-14(15-11-21-19-17-15)10-12-8-9-20(18-12)13-6-4-3-5-7-13/h8-9,11,13-14,16H,2-7,10H2,1H3. The summed E-state index contributed by atoms with van der Waals surface area (Å²) in [5, 5.41) is 14.5. The zero-order valence-electron chi connectivity index (χ0n) is 12.5. The van der Waals surface area contributed by atoms with Gasteiger partial charge in [0.05, 0.1) is 23.5 Å². The molecule has 2 aromatic rings. The number of nitrogens with one attached hydrogen (secondary N) is 1. The molecule has 114 valence electrons. The Morgan fingerprint density at radius 2 is 2.24 bits per heavy atom. The van der Waals surface area contributed by atoms with Gasteiger partial charge in [0.1, 0.15) is 0 Å². The smallest absolute Gasteiger partial charge is 0.0928 e. The molecule has 0 aromatic carbocycles. The van der Waals surface area contributed by atoms with Gasteiger partial charge < -0.3 is 5.32 Å². The van der Waals surface area contributed by atoms with E-state index in [1.807, 2.05) is 5.38 Å². The van der Waals surface area contributed by atoms with E-state index < -0.39 is 0 Å². The molecule has 1 saturated carbocycles. The van der Waals surface area contributed by atoms with Crippen molar-refractivity contribution in [3.05, 3.63) is 29.0 Å². The van der Waals surface area contributed by atoms with Gasteiger partial charge >= 0.3 is 0 Å². The molecule has 0 spiro atoms. The summed E-state index contributed by atoms with van der Waals surface area (Å²) < 4.78 is 6.15. The lowest BCUT2D eigenvalue weighted by Crippen LogP contribution is -2.23. The highest BCUT2D eigenvalue weighted by atomic mass is 32.1. The highest BCUT2D eigenvalue weighted by molar-refractivity contribution is 7.03. The van der Waals surface area contributed by atoms with E-state index in [2.05, 4.69) is 38.8 Å². The lowest BCUT2D eigenvalue weighted by atomic mass is 9.96. The van der Waals surface area contributed by atoms with Crippen molar-refractivity contribution in [3.8, 4) is 0 Å². The van der Waals surface area contributed by atoms with Crippen LogP contribution in [0.3, 0.4) is 0 Å². The maximum atomic E-state index is 4.80. The number of hydrogen-bond acceptors (Lipinski definition) is 5. The molecule has 0 aliphatic heterocycles. The summed E-state index contributed by atoms with van der Waals surface area (Å²) in [7, 11) is 0. The number of nitrogens with zero attached hydrogens (tertiary/aromatic N) is 4. The first kappa shape index (κ1) is 14.7. The van der Waals surface area contributed by atoms with E-state index in [4.69, 9.17) is 5.10 Å². The minimum absolute atomic E-state index is 0.212. The summed E-state index contributed by atoms with van der Waals surface area (Å²) in [4.78, 5) is 0. The van der Waals surface area contributed by atoms with Crippen molar-refractivity contribution in [1.82, 2.24) is 24.7 Å². The van der Waals surface area contributed by atoms with Gasteiger partial charge in [-0.1, -0.05) is 30.7 Å². The third kappa shape index (κ3) is 3.68. The Bertz CT molecular complexity index is 530. The van der Waals surface area contributed by atoms with Crippen LogP contribution in [-0.4, -0.2) is 25.9 Å². The summed E-state index contributed by atoms with van der Waals surface area (Å²) in [5.74, 6) is 0.